The van der Waals surface area contributed by atoms with Crippen LogP contribution in [0.3, 0.4) is 0 Å². The molecule has 0 aliphatic heterocycles. The Balaban J connectivity index is 1.85. The number of nitrogens with zero attached hydrogens (tertiary/aromatic N) is 3. The Morgan fingerprint density at radius 2 is 1.95 bits per heavy atom. The van der Waals surface area contributed by atoms with Crippen LogP contribution in [-0.2, 0) is 6.54 Å². The van der Waals surface area contributed by atoms with Gasteiger partial charge in [0.25, 0.3) is 0 Å². The highest BCUT2D eigenvalue weighted by Gasteiger charge is 2.03. The van der Waals surface area contributed by atoms with E-state index < -0.39 is 0 Å². The minimum absolute atomic E-state index is 0.654. The second-order valence-corrected chi connectivity index (χ2v) is 5.62. The molecule has 0 aliphatic carbocycles. The molecule has 0 unspecified atom stereocenters. The Labute approximate surface area is 132 Å². The van der Waals surface area contributed by atoms with Crippen LogP contribution in [0, 0.1) is 5.92 Å². The summed E-state index contributed by atoms with van der Waals surface area (Å²) in [6.45, 7) is 6.01. The van der Waals surface area contributed by atoms with Gasteiger partial charge in [0.05, 0.1) is 17.9 Å². The summed E-state index contributed by atoms with van der Waals surface area (Å²) in [5.74, 6) is 1.50. The van der Waals surface area contributed by atoms with Crippen LogP contribution in [0.2, 0.25) is 0 Å². The summed E-state index contributed by atoms with van der Waals surface area (Å²) in [7, 11) is 1.78. The van der Waals surface area contributed by atoms with Crippen LogP contribution in [0.15, 0.2) is 47.6 Å². The van der Waals surface area contributed by atoms with Crippen LogP contribution in [0.25, 0.3) is 5.69 Å². The van der Waals surface area contributed by atoms with Gasteiger partial charge in [-0.1, -0.05) is 32.0 Å². The first-order valence-corrected chi connectivity index (χ1v) is 7.73. The molecular weight excluding hydrogens is 274 g/mol. The topological polar surface area (TPSA) is 54.2 Å². The molecule has 0 spiro atoms. The summed E-state index contributed by atoms with van der Waals surface area (Å²) in [5, 5.41) is 11.2. The van der Waals surface area contributed by atoms with E-state index in [2.05, 4.69) is 34.6 Å². The van der Waals surface area contributed by atoms with E-state index in [4.69, 9.17) is 0 Å². The SMILES string of the molecule is CN=C(NCCC(C)C)NCc1ccn(-c2ccccc2)n1. The maximum atomic E-state index is 4.57. The highest BCUT2D eigenvalue weighted by molar-refractivity contribution is 5.79. The van der Waals surface area contributed by atoms with Crippen LogP contribution >= 0.6 is 0 Å². The van der Waals surface area contributed by atoms with E-state index in [0.717, 1.165) is 30.3 Å². The van der Waals surface area contributed by atoms with Crippen LogP contribution < -0.4 is 10.6 Å². The fourth-order valence-corrected chi connectivity index (χ4v) is 2.05. The van der Waals surface area contributed by atoms with Crippen molar-refractivity contribution in [1.82, 2.24) is 20.4 Å². The molecule has 1 heterocycles. The molecule has 0 aliphatic rings. The maximum absolute atomic E-state index is 4.57. The normalized spacial score (nSPS) is 11.7. The molecule has 2 rings (SSSR count). The molecule has 5 heteroatoms. The molecule has 118 valence electrons. The number of aromatic nitrogens is 2. The summed E-state index contributed by atoms with van der Waals surface area (Å²) in [5.41, 5.74) is 2.05. The van der Waals surface area contributed by atoms with Gasteiger partial charge in [0.1, 0.15) is 0 Å². The Morgan fingerprint density at radius 3 is 2.64 bits per heavy atom. The Kier molecular flexibility index (Phi) is 6.01. The van der Waals surface area contributed by atoms with Gasteiger partial charge in [-0.05, 0) is 30.5 Å². The zero-order valence-electron chi connectivity index (χ0n) is 13.6. The molecule has 1 aromatic heterocycles. The Bertz CT molecular complexity index is 586. The van der Waals surface area contributed by atoms with Gasteiger partial charge in [-0.2, -0.15) is 5.10 Å². The maximum Gasteiger partial charge on any atom is 0.191 e. The fourth-order valence-electron chi connectivity index (χ4n) is 2.05. The molecule has 0 saturated carbocycles. The van der Waals surface area contributed by atoms with E-state index in [9.17, 15) is 0 Å². The van der Waals surface area contributed by atoms with Gasteiger partial charge in [0.15, 0.2) is 5.96 Å². The monoisotopic (exact) mass is 299 g/mol. The first-order chi connectivity index (χ1) is 10.7. The van der Waals surface area contributed by atoms with Crippen molar-refractivity contribution < 1.29 is 0 Å². The van der Waals surface area contributed by atoms with Crippen LogP contribution in [-0.4, -0.2) is 29.3 Å². The van der Waals surface area contributed by atoms with E-state index in [-0.39, 0.29) is 0 Å². The number of aliphatic imine (C=N–C) groups is 1. The van der Waals surface area contributed by atoms with Gasteiger partial charge >= 0.3 is 0 Å². The predicted octanol–water partition coefficient (Wildman–Crippen LogP) is 2.58. The van der Waals surface area contributed by atoms with Crippen molar-refractivity contribution in [2.75, 3.05) is 13.6 Å². The third-order valence-corrected chi connectivity index (χ3v) is 3.34. The van der Waals surface area contributed by atoms with Crippen LogP contribution in [0.5, 0.6) is 0 Å². The first kappa shape index (κ1) is 16.1. The van der Waals surface area contributed by atoms with Gasteiger partial charge in [-0.15, -0.1) is 0 Å². The van der Waals surface area contributed by atoms with Gasteiger partial charge in [0.2, 0.25) is 0 Å². The molecule has 2 N–H and O–H groups in total. The lowest BCUT2D eigenvalue weighted by Crippen LogP contribution is -2.37. The quantitative estimate of drug-likeness (QED) is 0.637. The molecule has 0 bridgehead atoms. The zero-order chi connectivity index (χ0) is 15.8. The summed E-state index contributed by atoms with van der Waals surface area (Å²) in [4.78, 5) is 4.22. The lowest BCUT2D eigenvalue weighted by atomic mass is 10.1. The van der Waals surface area contributed by atoms with Crippen molar-refractivity contribution in [2.24, 2.45) is 10.9 Å². The van der Waals surface area contributed by atoms with Gasteiger partial charge in [-0.3, -0.25) is 4.99 Å². The van der Waals surface area contributed by atoms with Crippen molar-refractivity contribution in [3.63, 3.8) is 0 Å². The van der Waals surface area contributed by atoms with Crippen LogP contribution in [0.4, 0.5) is 0 Å². The number of para-hydroxylation sites is 1. The highest BCUT2D eigenvalue weighted by Crippen LogP contribution is 2.06. The fraction of sp³-hybridized carbons (Fsp3) is 0.412. The van der Waals surface area contributed by atoms with Gasteiger partial charge in [-0.25, -0.2) is 4.68 Å². The first-order valence-electron chi connectivity index (χ1n) is 7.73. The van der Waals surface area contributed by atoms with Crippen molar-refractivity contribution in [2.45, 2.75) is 26.8 Å². The summed E-state index contributed by atoms with van der Waals surface area (Å²) in [6, 6.07) is 12.1. The van der Waals surface area contributed by atoms with E-state index in [0.29, 0.717) is 12.5 Å². The molecule has 5 nitrogen and oxygen atoms in total. The van der Waals surface area contributed by atoms with Crippen molar-refractivity contribution in [3.05, 3.63) is 48.3 Å². The van der Waals surface area contributed by atoms with Crippen molar-refractivity contribution in [3.8, 4) is 5.69 Å². The number of benzene rings is 1. The highest BCUT2D eigenvalue weighted by atomic mass is 15.3. The molecule has 2 aromatic rings. The van der Waals surface area contributed by atoms with Gasteiger partial charge in [0, 0.05) is 19.8 Å². The lowest BCUT2D eigenvalue weighted by Gasteiger charge is -2.12. The largest absolute Gasteiger partial charge is 0.356 e. The van der Waals surface area contributed by atoms with E-state index in [1.165, 1.54) is 0 Å². The van der Waals surface area contributed by atoms with E-state index >= 15 is 0 Å². The molecule has 0 amide bonds. The summed E-state index contributed by atoms with van der Waals surface area (Å²) >= 11 is 0. The number of nitrogens with one attached hydrogen (secondary N) is 2. The molecule has 0 saturated heterocycles. The Morgan fingerprint density at radius 1 is 1.18 bits per heavy atom. The molecule has 0 atom stereocenters. The smallest absolute Gasteiger partial charge is 0.191 e. The van der Waals surface area contributed by atoms with Crippen molar-refractivity contribution in [1.29, 1.82) is 0 Å². The molecular formula is C17H25N5. The molecule has 1 aromatic carbocycles. The zero-order valence-corrected chi connectivity index (χ0v) is 13.6. The van der Waals surface area contributed by atoms with Gasteiger partial charge < -0.3 is 10.6 Å². The minimum atomic E-state index is 0.654. The lowest BCUT2D eigenvalue weighted by molar-refractivity contribution is 0.573. The number of hydrogen-bond acceptors (Lipinski definition) is 2. The van der Waals surface area contributed by atoms with E-state index in [1.807, 2.05) is 47.3 Å². The number of hydrogen-bond donors (Lipinski definition) is 2. The standard InChI is InChI=1S/C17H25N5/c1-14(2)9-11-19-17(18-3)20-13-15-10-12-22(21-15)16-7-5-4-6-8-16/h4-8,10,12,14H,9,11,13H2,1-3H3,(H2,18,19,20). The summed E-state index contributed by atoms with van der Waals surface area (Å²) < 4.78 is 1.88. The molecule has 0 radical (unpaired) electrons. The van der Waals surface area contributed by atoms with E-state index in [1.54, 1.807) is 7.05 Å². The van der Waals surface area contributed by atoms with Crippen molar-refractivity contribution >= 4 is 5.96 Å². The second-order valence-electron chi connectivity index (χ2n) is 5.62. The second kappa shape index (κ2) is 8.22. The average Bonchev–Trinajstić information content (AvgIpc) is 3.00. The number of guanidine groups is 1. The molecule has 22 heavy (non-hydrogen) atoms. The predicted molar refractivity (Wildman–Crippen MR) is 91.2 cm³/mol. The number of rotatable bonds is 6. The molecule has 0 fully saturated rings. The summed E-state index contributed by atoms with van der Waals surface area (Å²) in [6.07, 6.45) is 3.10. The third-order valence-electron chi connectivity index (χ3n) is 3.34. The minimum Gasteiger partial charge on any atom is -0.356 e. The van der Waals surface area contributed by atoms with Crippen LogP contribution in [0.1, 0.15) is 26.0 Å². The third kappa shape index (κ3) is 4.91. The average molecular weight is 299 g/mol. The Hall–Kier alpha value is -2.30.